The Morgan fingerprint density at radius 2 is 2.00 bits per heavy atom. The van der Waals surface area contributed by atoms with Crippen molar-refractivity contribution in [3.8, 4) is 0 Å². The number of allylic oxidation sites excluding steroid dienone is 2. The van der Waals surface area contributed by atoms with Crippen LogP contribution in [0.15, 0.2) is 30.4 Å². The quantitative estimate of drug-likeness (QED) is 0.568. The summed E-state index contributed by atoms with van der Waals surface area (Å²) in [4.78, 5) is 11.4. The molecular weight excluding hydrogens is 241 g/mol. The van der Waals surface area contributed by atoms with E-state index in [4.69, 9.17) is 11.6 Å². The molecule has 0 heterocycles. The first kappa shape index (κ1) is 12.8. The van der Waals surface area contributed by atoms with Gasteiger partial charge in [-0.2, -0.15) is 13.2 Å². The van der Waals surface area contributed by atoms with Gasteiger partial charge in [0.1, 0.15) is 0 Å². The Kier molecular flexibility index (Phi) is 3.75. The van der Waals surface area contributed by atoms with Crippen LogP contribution >= 0.6 is 11.6 Å². The molecule has 1 aromatic carbocycles. The second-order valence-corrected chi connectivity index (χ2v) is 3.46. The van der Waals surface area contributed by atoms with Gasteiger partial charge in [-0.25, -0.2) is 0 Å². The highest BCUT2D eigenvalue weighted by Gasteiger charge is 2.31. The molecule has 0 unspecified atom stereocenters. The summed E-state index contributed by atoms with van der Waals surface area (Å²) < 4.78 is 37.1. The van der Waals surface area contributed by atoms with Gasteiger partial charge in [0.15, 0.2) is 5.78 Å². The molecule has 0 fully saturated rings. The van der Waals surface area contributed by atoms with Crippen LogP contribution < -0.4 is 0 Å². The first-order chi connectivity index (χ1) is 7.36. The van der Waals surface area contributed by atoms with Crippen LogP contribution in [0.25, 0.3) is 0 Å². The number of ketones is 1. The molecule has 86 valence electrons. The molecule has 0 atom stereocenters. The molecule has 0 N–H and O–H groups in total. The number of halogens is 4. The Balaban J connectivity index is 3.24. The van der Waals surface area contributed by atoms with Crippen LogP contribution in [0.2, 0.25) is 5.02 Å². The predicted octanol–water partition coefficient (Wildman–Crippen LogP) is 4.12. The number of benzene rings is 1. The summed E-state index contributed by atoms with van der Waals surface area (Å²) in [7, 11) is 0. The molecular formula is C11H8ClF3O. The number of carbonyl (C=O) groups is 1. The van der Waals surface area contributed by atoms with Crippen molar-refractivity contribution in [2.75, 3.05) is 0 Å². The molecule has 0 spiro atoms. The summed E-state index contributed by atoms with van der Waals surface area (Å²) in [6.07, 6.45) is -1.87. The van der Waals surface area contributed by atoms with E-state index in [9.17, 15) is 18.0 Å². The summed E-state index contributed by atoms with van der Waals surface area (Å²) >= 11 is 5.65. The van der Waals surface area contributed by atoms with E-state index in [1.165, 1.54) is 12.2 Å². The van der Waals surface area contributed by atoms with Gasteiger partial charge >= 0.3 is 6.18 Å². The van der Waals surface area contributed by atoms with E-state index in [1.54, 1.807) is 6.92 Å². The largest absolute Gasteiger partial charge is 0.416 e. The van der Waals surface area contributed by atoms with E-state index < -0.39 is 17.5 Å². The van der Waals surface area contributed by atoms with Crippen molar-refractivity contribution in [2.45, 2.75) is 13.1 Å². The first-order valence-corrected chi connectivity index (χ1v) is 4.78. The molecule has 1 rings (SSSR count). The Morgan fingerprint density at radius 1 is 1.38 bits per heavy atom. The Labute approximate surface area is 95.5 Å². The number of hydrogen-bond donors (Lipinski definition) is 0. The molecule has 0 bridgehead atoms. The lowest BCUT2D eigenvalue weighted by atomic mass is 10.1. The second-order valence-electron chi connectivity index (χ2n) is 3.06. The molecule has 0 aliphatic rings. The first-order valence-electron chi connectivity index (χ1n) is 4.40. The average molecular weight is 249 g/mol. The molecule has 0 aliphatic carbocycles. The van der Waals surface area contributed by atoms with E-state index in [-0.39, 0.29) is 10.6 Å². The summed E-state index contributed by atoms with van der Waals surface area (Å²) in [6.45, 7) is 1.60. The topological polar surface area (TPSA) is 17.1 Å². The highest BCUT2D eigenvalue weighted by Crippen LogP contribution is 2.31. The van der Waals surface area contributed by atoms with Crippen LogP contribution in [0.5, 0.6) is 0 Å². The Morgan fingerprint density at radius 3 is 2.50 bits per heavy atom. The molecule has 0 saturated carbocycles. The van der Waals surface area contributed by atoms with Gasteiger partial charge in [0.05, 0.1) is 10.6 Å². The zero-order valence-corrected chi connectivity index (χ0v) is 9.06. The third-order valence-corrected chi connectivity index (χ3v) is 2.21. The van der Waals surface area contributed by atoms with Crippen LogP contribution in [-0.2, 0) is 6.18 Å². The summed E-state index contributed by atoms with van der Waals surface area (Å²) in [5.41, 5.74) is -1.03. The molecule has 0 radical (unpaired) electrons. The monoisotopic (exact) mass is 248 g/mol. The number of hydrogen-bond acceptors (Lipinski definition) is 1. The maximum atomic E-state index is 12.4. The van der Waals surface area contributed by atoms with E-state index in [0.29, 0.717) is 0 Å². The lowest BCUT2D eigenvalue weighted by molar-refractivity contribution is -0.137. The molecule has 0 aliphatic heterocycles. The highest BCUT2D eigenvalue weighted by atomic mass is 35.5. The lowest BCUT2D eigenvalue weighted by Crippen LogP contribution is -2.07. The standard InChI is InChI=1S/C11H8ClF3O/c1-2-3-10(16)8-6-7(11(13,14)15)4-5-9(8)12/h2-6H,1H3. The van der Waals surface area contributed by atoms with Gasteiger partial charge < -0.3 is 0 Å². The molecule has 16 heavy (non-hydrogen) atoms. The van der Waals surface area contributed by atoms with Gasteiger partial charge in [-0.15, -0.1) is 0 Å². The van der Waals surface area contributed by atoms with Crippen molar-refractivity contribution in [1.82, 2.24) is 0 Å². The molecule has 5 heteroatoms. The minimum absolute atomic E-state index is 0.0103. The fourth-order valence-electron chi connectivity index (χ4n) is 1.13. The van der Waals surface area contributed by atoms with Gasteiger partial charge in [0, 0.05) is 5.56 Å². The van der Waals surface area contributed by atoms with Crippen molar-refractivity contribution in [3.05, 3.63) is 46.5 Å². The van der Waals surface area contributed by atoms with Crippen molar-refractivity contribution < 1.29 is 18.0 Å². The van der Waals surface area contributed by atoms with Gasteiger partial charge in [-0.3, -0.25) is 4.79 Å². The summed E-state index contributed by atoms with van der Waals surface area (Å²) in [5.74, 6) is -0.543. The third-order valence-electron chi connectivity index (χ3n) is 1.88. The number of carbonyl (C=O) groups excluding carboxylic acids is 1. The van der Waals surface area contributed by atoms with Gasteiger partial charge in [-0.05, 0) is 31.2 Å². The smallest absolute Gasteiger partial charge is 0.289 e. The summed E-state index contributed by atoms with van der Waals surface area (Å²) in [5, 5.41) is 0.0103. The minimum atomic E-state index is -4.48. The van der Waals surface area contributed by atoms with E-state index >= 15 is 0 Å². The van der Waals surface area contributed by atoms with Gasteiger partial charge in [0.2, 0.25) is 0 Å². The van der Waals surface area contributed by atoms with Crippen molar-refractivity contribution in [1.29, 1.82) is 0 Å². The number of rotatable bonds is 2. The van der Waals surface area contributed by atoms with E-state index in [1.807, 2.05) is 0 Å². The fourth-order valence-corrected chi connectivity index (χ4v) is 1.34. The average Bonchev–Trinajstić information content (AvgIpc) is 2.16. The Hall–Kier alpha value is -1.29. The normalized spacial score (nSPS) is 12.1. The maximum Gasteiger partial charge on any atom is 0.416 e. The van der Waals surface area contributed by atoms with Crippen molar-refractivity contribution in [2.24, 2.45) is 0 Å². The van der Waals surface area contributed by atoms with Crippen LogP contribution in [-0.4, -0.2) is 5.78 Å². The molecule has 1 aromatic rings. The van der Waals surface area contributed by atoms with Crippen molar-refractivity contribution in [3.63, 3.8) is 0 Å². The molecule has 0 amide bonds. The summed E-state index contributed by atoms with van der Waals surface area (Å²) in [6, 6.07) is 2.67. The van der Waals surface area contributed by atoms with Gasteiger partial charge in [0.25, 0.3) is 0 Å². The van der Waals surface area contributed by atoms with E-state index in [0.717, 1.165) is 18.2 Å². The van der Waals surface area contributed by atoms with E-state index in [2.05, 4.69) is 0 Å². The lowest BCUT2D eigenvalue weighted by Gasteiger charge is -2.08. The third kappa shape index (κ3) is 2.85. The zero-order valence-electron chi connectivity index (χ0n) is 8.31. The fraction of sp³-hybridized carbons (Fsp3) is 0.182. The molecule has 0 aromatic heterocycles. The second kappa shape index (κ2) is 4.70. The number of alkyl halides is 3. The maximum absolute atomic E-state index is 12.4. The van der Waals surface area contributed by atoms with Crippen molar-refractivity contribution >= 4 is 17.4 Å². The minimum Gasteiger partial charge on any atom is -0.289 e. The van der Waals surface area contributed by atoms with Crippen LogP contribution in [0.3, 0.4) is 0 Å². The van der Waals surface area contributed by atoms with Gasteiger partial charge in [-0.1, -0.05) is 17.7 Å². The predicted molar refractivity (Wildman–Crippen MR) is 55.6 cm³/mol. The van der Waals surface area contributed by atoms with Crippen LogP contribution in [0.1, 0.15) is 22.8 Å². The zero-order chi connectivity index (χ0) is 12.3. The Bertz CT molecular complexity index is 435. The SMILES string of the molecule is CC=CC(=O)c1cc(C(F)(F)F)ccc1Cl. The molecule has 1 nitrogen and oxygen atoms in total. The van der Waals surface area contributed by atoms with Crippen LogP contribution in [0.4, 0.5) is 13.2 Å². The highest BCUT2D eigenvalue weighted by molar-refractivity contribution is 6.34. The molecule has 0 saturated heterocycles. The van der Waals surface area contributed by atoms with Crippen LogP contribution in [0, 0.1) is 0 Å².